The molecule has 1 aliphatic heterocycles. The average molecular weight is 326 g/mol. The highest BCUT2D eigenvalue weighted by Crippen LogP contribution is 2.19. The Morgan fingerprint density at radius 3 is 2.74 bits per heavy atom. The van der Waals surface area contributed by atoms with E-state index in [2.05, 4.69) is 57.0 Å². The molecule has 1 heterocycles. The molecule has 0 atom stereocenters. The molecule has 2 rings (SSSR count). The summed E-state index contributed by atoms with van der Waals surface area (Å²) in [7, 11) is 2.24. The van der Waals surface area contributed by atoms with Gasteiger partial charge in [-0.05, 0) is 50.7 Å². The molecule has 0 aliphatic carbocycles. The number of likely N-dealkylation sites (tertiary alicyclic amines) is 1. The molecule has 106 valence electrons. The molecule has 1 aromatic carbocycles. The Morgan fingerprint density at radius 2 is 2.11 bits per heavy atom. The van der Waals surface area contributed by atoms with Crippen molar-refractivity contribution in [3.8, 4) is 0 Å². The van der Waals surface area contributed by atoms with E-state index in [9.17, 15) is 0 Å². The standard InChI is InChI=1S/C15H24BrN3/c1-18(12-13-3-2-4-14(16)11-13)15-5-8-19(9-6-15)10-7-17/h2-4,11,15H,5-10,12,17H2,1H3. The SMILES string of the molecule is CN(Cc1cccc(Br)c1)C1CCN(CCN)CC1. The number of hydrogen-bond acceptors (Lipinski definition) is 3. The zero-order valence-corrected chi connectivity index (χ0v) is 13.3. The van der Waals surface area contributed by atoms with E-state index >= 15 is 0 Å². The number of nitrogens with zero attached hydrogens (tertiary/aromatic N) is 2. The van der Waals surface area contributed by atoms with Crippen LogP contribution in [-0.2, 0) is 6.54 Å². The van der Waals surface area contributed by atoms with Crippen molar-refractivity contribution in [1.82, 2.24) is 9.80 Å². The van der Waals surface area contributed by atoms with Gasteiger partial charge in [-0.15, -0.1) is 0 Å². The Morgan fingerprint density at radius 1 is 1.37 bits per heavy atom. The number of rotatable bonds is 5. The van der Waals surface area contributed by atoms with Crippen LogP contribution in [0.2, 0.25) is 0 Å². The van der Waals surface area contributed by atoms with Crippen LogP contribution in [0.3, 0.4) is 0 Å². The van der Waals surface area contributed by atoms with E-state index in [0.29, 0.717) is 6.04 Å². The second kappa shape index (κ2) is 7.39. The van der Waals surface area contributed by atoms with Crippen LogP contribution in [-0.4, -0.2) is 49.1 Å². The molecule has 1 aromatic rings. The maximum atomic E-state index is 5.61. The molecule has 2 N–H and O–H groups in total. The molecule has 0 bridgehead atoms. The molecule has 0 amide bonds. The van der Waals surface area contributed by atoms with E-state index in [1.54, 1.807) is 0 Å². The minimum absolute atomic E-state index is 0.702. The number of hydrogen-bond donors (Lipinski definition) is 1. The molecule has 0 saturated carbocycles. The first-order valence-corrected chi connectivity index (χ1v) is 7.85. The number of piperidine rings is 1. The largest absolute Gasteiger partial charge is 0.329 e. The lowest BCUT2D eigenvalue weighted by Gasteiger charge is -2.36. The van der Waals surface area contributed by atoms with Gasteiger partial charge in [0.2, 0.25) is 0 Å². The predicted molar refractivity (Wildman–Crippen MR) is 84.1 cm³/mol. The lowest BCUT2D eigenvalue weighted by atomic mass is 10.0. The minimum atomic E-state index is 0.702. The van der Waals surface area contributed by atoms with Crippen LogP contribution in [0, 0.1) is 0 Å². The van der Waals surface area contributed by atoms with E-state index < -0.39 is 0 Å². The maximum Gasteiger partial charge on any atom is 0.0234 e. The van der Waals surface area contributed by atoms with Gasteiger partial charge in [-0.2, -0.15) is 0 Å². The highest BCUT2D eigenvalue weighted by atomic mass is 79.9. The number of nitrogens with two attached hydrogens (primary N) is 1. The van der Waals surface area contributed by atoms with Crippen molar-refractivity contribution in [2.45, 2.75) is 25.4 Å². The third kappa shape index (κ3) is 4.56. The summed E-state index contributed by atoms with van der Waals surface area (Å²) < 4.78 is 1.16. The first-order valence-electron chi connectivity index (χ1n) is 7.06. The van der Waals surface area contributed by atoms with Gasteiger partial charge in [0.25, 0.3) is 0 Å². The van der Waals surface area contributed by atoms with Crippen molar-refractivity contribution in [3.05, 3.63) is 34.3 Å². The zero-order valence-electron chi connectivity index (χ0n) is 11.7. The Hall–Kier alpha value is -0.420. The lowest BCUT2D eigenvalue weighted by Crippen LogP contribution is -2.44. The predicted octanol–water partition coefficient (Wildman–Crippen LogP) is 2.30. The summed E-state index contributed by atoms with van der Waals surface area (Å²) in [5.41, 5.74) is 6.99. The van der Waals surface area contributed by atoms with E-state index in [4.69, 9.17) is 5.73 Å². The van der Waals surface area contributed by atoms with Gasteiger partial charge in [0.1, 0.15) is 0 Å². The molecular weight excluding hydrogens is 302 g/mol. The van der Waals surface area contributed by atoms with Crippen molar-refractivity contribution in [2.75, 3.05) is 33.2 Å². The summed E-state index contributed by atoms with van der Waals surface area (Å²) in [5.74, 6) is 0. The molecule has 0 radical (unpaired) electrons. The molecule has 1 saturated heterocycles. The van der Waals surface area contributed by atoms with E-state index in [1.165, 1.54) is 31.5 Å². The van der Waals surface area contributed by atoms with Gasteiger partial charge in [-0.1, -0.05) is 28.1 Å². The second-order valence-electron chi connectivity index (χ2n) is 5.41. The van der Waals surface area contributed by atoms with Crippen LogP contribution in [0.25, 0.3) is 0 Å². The van der Waals surface area contributed by atoms with Crippen molar-refractivity contribution >= 4 is 15.9 Å². The summed E-state index contributed by atoms with van der Waals surface area (Å²) in [6.07, 6.45) is 2.51. The smallest absolute Gasteiger partial charge is 0.0234 e. The first kappa shape index (κ1) is 15.0. The van der Waals surface area contributed by atoms with Gasteiger partial charge in [-0.25, -0.2) is 0 Å². The molecule has 4 heteroatoms. The van der Waals surface area contributed by atoms with Crippen LogP contribution < -0.4 is 5.73 Å². The molecule has 0 aromatic heterocycles. The molecule has 0 unspecified atom stereocenters. The Bertz CT molecular complexity index is 389. The van der Waals surface area contributed by atoms with E-state index in [-0.39, 0.29) is 0 Å². The summed E-state index contributed by atoms with van der Waals surface area (Å²) in [6.45, 7) is 5.22. The first-order chi connectivity index (χ1) is 9.19. The van der Waals surface area contributed by atoms with Gasteiger partial charge < -0.3 is 10.6 Å². The molecule has 1 fully saturated rings. The molecular formula is C15H24BrN3. The minimum Gasteiger partial charge on any atom is -0.329 e. The summed E-state index contributed by atoms with van der Waals surface area (Å²) in [4.78, 5) is 4.96. The molecule has 1 aliphatic rings. The van der Waals surface area contributed by atoms with E-state index in [0.717, 1.165) is 24.1 Å². The maximum absolute atomic E-state index is 5.61. The monoisotopic (exact) mass is 325 g/mol. The average Bonchev–Trinajstić information content (AvgIpc) is 2.40. The fraction of sp³-hybridized carbons (Fsp3) is 0.600. The Balaban J connectivity index is 1.82. The van der Waals surface area contributed by atoms with Gasteiger partial charge in [0, 0.05) is 30.1 Å². The van der Waals surface area contributed by atoms with Crippen molar-refractivity contribution in [2.24, 2.45) is 5.73 Å². The van der Waals surface area contributed by atoms with Crippen LogP contribution >= 0.6 is 15.9 Å². The highest BCUT2D eigenvalue weighted by molar-refractivity contribution is 9.10. The van der Waals surface area contributed by atoms with Crippen LogP contribution in [0.15, 0.2) is 28.7 Å². The number of halogens is 1. The normalized spacial score (nSPS) is 18.1. The lowest BCUT2D eigenvalue weighted by molar-refractivity contribution is 0.125. The summed E-state index contributed by atoms with van der Waals surface area (Å²) in [5, 5.41) is 0. The topological polar surface area (TPSA) is 32.5 Å². The molecule has 19 heavy (non-hydrogen) atoms. The van der Waals surface area contributed by atoms with Gasteiger partial charge in [-0.3, -0.25) is 4.90 Å². The van der Waals surface area contributed by atoms with Crippen LogP contribution in [0.5, 0.6) is 0 Å². The Labute approximate surface area is 124 Å². The zero-order chi connectivity index (χ0) is 13.7. The second-order valence-corrected chi connectivity index (χ2v) is 6.32. The summed E-state index contributed by atoms with van der Waals surface area (Å²) >= 11 is 3.54. The third-order valence-electron chi connectivity index (χ3n) is 3.95. The van der Waals surface area contributed by atoms with Crippen molar-refractivity contribution < 1.29 is 0 Å². The van der Waals surface area contributed by atoms with Gasteiger partial charge in [0.05, 0.1) is 0 Å². The highest BCUT2D eigenvalue weighted by Gasteiger charge is 2.21. The number of benzene rings is 1. The van der Waals surface area contributed by atoms with Crippen molar-refractivity contribution in [3.63, 3.8) is 0 Å². The fourth-order valence-corrected chi connectivity index (χ4v) is 3.27. The van der Waals surface area contributed by atoms with Crippen LogP contribution in [0.4, 0.5) is 0 Å². The van der Waals surface area contributed by atoms with E-state index in [1.807, 2.05) is 0 Å². The fourth-order valence-electron chi connectivity index (χ4n) is 2.82. The van der Waals surface area contributed by atoms with Crippen molar-refractivity contribution in [1.29, 1.82) is 0 Å². The Kier molecular flexibility index (Phi) is 5.82. The third-order valence-corrected chi connectivity index (χ3v) is 4.44. The molecule has 3 nitrogen and oxygen atoms in total. The quantitative estimate of drug-likeness (QED) is 0.901. The molecule has 0 spiro atoms. The van der Waals surface area contributed by atoms with Gasteiger partial charge >= 0.3 is 0 Å². The summed E-state index contributed by atoms with van der Waals surface area (Å²) in [6, 6.07) is 9.30. The van der Waals surface area contributed by atoms with Crippen LogP contribution in [0.1, 0.15) is 18.4 Å². The van der Waals surface area contributed by atoms with Gasteiger partial charge in [0.15, 0.2) is 0 Å².